The molecule has 0 aliphatic heterocycles. The highest BCUT2D eigenvalue weighted by molar-refractivity contribution is 5.69. The second-order valence-corrected chi connectivity index (χ2v) is 4.72. The van der Waals surface area contributed by atoms with E-state index in [0.717, 1.165) is 32.3 Å². The summed E-state index contributed by atoms with van der Waals surface area (Å²) in [5.41, 5.74) is 0. The molecule has 1 N–H and O–H groups in total. The molecule has 0 spiro atoms. The van der Waals surface area contributed by atoms with E-state index in [0.29, 0.717) is 20.0 Å². The fraction of sp³-hybridized carbons (Fsp3) is 0.812. The van der Waals surface area contributed by atoms with Crippen LogP contribution in [0.25, 0.3) is 0 Å². The molecule has 0 saturated heterocycles. The average molecular weight is 300 g/mol. The molecule has 0 aliphatic rings. The molecule has 0 fully saturated rings. The predicted molar refractivity (Wildman–Crippen MR) is 81.0 cm³/mol. The second-order valence-electron chi connectivity index (χ2n) is 4.72. The molecule has 0 atom stereocenters. The molecule has 21 heavy (non-hydrogen) atoms. The second kappa shape index (κ2) is 17.0. The van der Waals surface area contributed by atoms with Crippen LogP contribution in [0.15, 0.2) is 0 Å². The van der Waals surface area contributed by atoms with E-state index >= 15 is 0 Å². The summed E-state index contributed by atoms with van der Waals surface area (Å²) in [4.78, 5) is 10.2. The van der Waals surface area contributed by atoms with E-state index in [2.05, 4.69) is 11.8 Å². The van der Waals surface area contributed by atoms with Gasteiger partial charge in [-0.2, -0.15) is 0 Å². The van der Waals surface area contributed by atoms with Gasteiger partial charge in [0.15, 0.2) is 0 Å². The van der Waals surface area contributed by atoms with Crippen molar-refractivity contribution in [2.24, 2.45) is 0 Å². The third-order valence-electron chi connectivity index (χ3n) is 2.80. The standard InChI is InChI=1S/C16H28O5/c1-19-13-14-21-15-20-12-10-8-6-4-2-3-5-7-9-11-16(17)18/h2-6,8,10-15H2,1H3,(H,17,18). The first-order valence-corrected chi connectivity index (χ1v) is 7.59. The maximum absolute atomic E-state index is 10.2. The molecular formula is C16H28O5. The number of methoxy groups -OCH3 is 1. The number of ether oxygens (including phenoxy) is 3. The topological polar surface area (TPSA) is 65.0 Å². The zero-order valence-electron chi connectivity index (χ0n) is 13.1. The van der Waals surface area contributed by atoms with Crippen molar-refractivity contribution in [3.8, 4) is 11.8 Å². The average Bonchev–Trinajstić information content (AvgIpc) is 2.46. The Morgan fingerprint density at radius 2 is 1.57 bits per heavy atom. The van der Waals surface area contributed by atoms with Crippen LogP contribution >= 0.6 is 0 Å². The molecule has 0 aromatic heterocycles. The third kappa shape index (κ3) is 18.9. The first-order chi connectivity index (χ1) is 10.3. The number of hydrogen-bond donors (Lipinski definition) is 1. The van der Waals surface area contributed by atoms with Crippen molar-refractivity contribution in [1.82, 2.24) is 0 Å². The Kier molecular flexibility index (Phi) is 16.1. The van der Waals surface area contributed by atoms with Crippen LogP contribution in [0, 0.1) is 11.8 Å². The van der Waals surface area contributed by atoms with Crippen molar-refractivity contribution in [3.05, 3.63) is 0 Å². The van der Waals surface area contributed by atoms with Crippen LogP contribution in [0.5, 0.6) is 0 Å². The molecule has 0 unspecified atom stereocenters. The smallest absolute Gasteiger partial charge is 0.315 e. The minimum atomic E-state index is -0.853. The van der Waals surface area contributed by atoms with Gasteiger partial charge in [0.05, 0.1) is 13.2 Å². The van der Waals surface area contributed by atoms with Crippen molar-refractivity contribution >= 4 is 5.97 Å². The molecule has 0 bridgehead atoms. The summed E-state index contributed by atoms with van der Waals surface area (Å²) >= 11 is 0. The lowest BCUT2D eigenvalue weighted by molar-refractivity contribution is -0.135. The molecule has 0 amide bonds. The quantitative estimate of drug-likeness (QED) is 0.303. The molecule has 0 rings (SSSR count). The van der Waals surface area contributed by atoms with Crippen LogP contribution in [-0.2, 0) is 19.0 Å². The summed E-state index contributed by atoms with van der Waals surface area (Å²) in [7, 11) is 1.65. The van der Waals surface area contributed by atoms with Crippen LogP contribution in [0.1, 0.15) is 51.4 Å². The van der Waals surface area contributed by atoms with Crippen LogP contribution in [0.2, 0.25) is 0 Å². The highest BCUT2D eigenvalue weighted by Crippen LogP contribution is 2.06. The summed E-state index contributed by atoms with van der Waals surface area (Å²) in [6.07, 6.45) is 7.60. The lowest BCUT2D eigenvalue weighted by atomic mass is 10.1. The van der Waals surface area contributed by atoms with Crippen molar-refractivity contribution in [1.29, 1.82) is 0 Å². The van der Waals surface area contributed by atoms with E-state index in [9.17, 15) is 4.79 Å². The van der Waals surface area contributed by atoms with E-state index in [1.165, 1.54) is 19.3 Å². The lowest BCUT2D eigenvalue weighted by Crippen LogP contribution is -2.06. The normalized spacial score (nSPS) is 10.1. The summed E-state index contributed by atoms with van der Waals surface area (Å²) in [5, 5.41) is 8.40. The van der Waals surface area contributed by atoms with Gasteiger partial charge in [0.25, 0.3) is 0 Å². The van der Waals surface area contributed by atoms with Gasteiger partial charge in [-0.1, -0.05) is 31.6 Å². The van der Waals surface area contributed by atoms with E-state index in [-0.39, 0.29) is 6.42 Å². The van der Waals surface area contributed by atoms with E-state index in [4.69, 9.17) is 19.3 Å². The first-order valence-electron chi connectivity index (χ1n) is 7.59. The first kappa shape index (κ1) is 19.9. The summed E-state index contributed by atoms with van der Waals surface area (Å²) in [6.45, 7) is 2.27. The Labute approximate surface area is 128 Å². The highest BCUT2D eigenvalue weighted by Gasteiger charge is 1.93. The zero-order chi connectivity index (χ0) is 15.6. The monoisotopic (exact) mass is 300 g/mol. The fourth-order valence-electron chi connectivity index (χ4n) is 1.67. The van der Waals surface area contributed by atoms with Crippen LogP contribution in [-0.4, -0.2) is 44.8 Å². The maximum Gasteiger partial charge on any atom is 0.315 e. The maximum atomic E-state index is 10.2. The van der Waals surface area contributed by atoms with Crippen molar-refractivity contribution in [2.45, 2.75) is 51.4 Å². The van der Waals surface area contributed by atoms with Gasteiger partial charge >= 0.3 is 5.97 Å². The van der Waals surface area contributed by atoms with Gasteiger partial charge in [0, 0.05) is 20.1 Å². The molecule has 0 aliphatic carbocycles. The minimum Gasteiger partial charge on any atom is -0.481 e. The number of rotatable bonds is 14. The predicted octanol–water partition coefficient (Wildman–Crippen LogP) is 2.83. The molecule has 0 heterocycles. The number of carboxylic acid groups (broad SMARTS) is 1. The van der Waals surface area contributed by atoms with Crippen LogP contribution in [0.4, 0.5) is 0 Å². The Morgan fingerprint density at radius 1 is 0.905 bits per heavy atom. The van der Waals surface area contributed by atoms with Gasteiger partial charge in [-0.3, -0.25) is 4.79 Å². The largest absolute Gasteiger partial charge is 0.481 e. The van der Waals surface area contributed by atoms with Crippen molar-refractivity contribution < 1.29 is 24.1 Å². The number of hydrogen-bond acceptors (Lipinski definition) is 4. The third-order valence-corrected chi connectivity index (χ3v) is 2.80. The van der Waals surface area contributed by atoms with Gasteiger partial charge in [-0.25, -0.2) is 0 Å². The number of unbranched alkanes of at least 4 members (excludes halogenated alkanes) is 6. The molecule has 0 radical (unpaired) electrons. The van der Waals surface area contributed by atoms with Crippen molar-refractivity contribution in [2.75, 3.05) is 33.7 Å². The molecular weight excluding hydrogens is 272 g/mol. The molecule has 0 aromatic rings. The Hall–Kier alpha value is -1.09. The number of carboxylic acids is 1. The van der Waals surface area contributed by atoms with E-state index < -0.39 is 5.97 Å². The van der Waals surface area contributed by atoms with Gasteiger partial charge in [0.2, 0.25) is 0 Å². The summed E-state index contributed by atoms with van der Waals surface area (Å²) in [5.74, 6) is 4.67. The van der Waals surface area contributed by atoms with Gasteiger partial charge in [-0.05, 0) is 12.8 Å². The minimum absolute atomic E-state index is 0.0464. The molecule has 0 saturated carbocycles. The van der Waals surface area contributed by atoms with Crippen LogP contribution in [0.3, 0.4) is 0 Å². The Balaban J connectivity index is 3.05. The zero-order valence-corrected chi connectivity index (χ0v) is 13.1. The summed E-state index contributed by atoms with van der Waals surface area (Å²) in [6, 6.07) is 0. The summed E-state index contributed by atoms with van der Waals surface area (Å²) < 4.78 is 15.4. The Bertz CT molecular complexity index is 293. The number of carbonyl (C=O) groups is 1. The van der Waals surface area contributed by atoms with Crippen LogP contribution < -0.4 is 0 Å². The van der Waals surface area contributed by atoms with E-state index in [1.807, 2.05) is 0 Å². The van der Waals surface area contributed by atoms with Gasteiger partial charge in [-0.15, -0.1) is 5.92 Å². The highest BCUT2D eigenvalue weighted by atomic mass is 16.7. The molecule has 122 valence electrons. The number of aliphatic carboxylic acids is 1. The SMILES string of the molecule is COCCOCOCCCCCCCCC#CCC(=O)O. The fourth-order valence-corrected chi connectivity index (χ4v) is 1.67. The molecule has 5 nitrogen and oxygen atoms in total. The lowest BCUT2D eigenvalue weighted by Gasteiger charge is -2.05. The Morgan fingerprint density at radius 3 is 2.29 bits per heavy atom. The molecule has 5 heteroatoms. The van der Waals surface area contributed by atoms with E-state index in [1.54, 1.807) is 7.11 Å². The van der Waals surface area contributed by atoms with Crippen molar-refractivity contribution in [3.63, 3.8) is 0 Å². The molecule has 0 aromatic carbocycles. The van der Waals surface area contributed by atoms with Gasteiger partial charge < -0.3 is 19.3 Å². The van der Waals surface area contributed by atoms with Gasteiger partial charge in [0.1, 0.15) is 13.2 Å².